The molecule has 1 saturated heterocycles. The van der Waals surface area contributed by atoms with Crippen molar-refractivity contribution in [1.82, 2.24) is 10.2 Å². The molecule has 2 fully saturated rings. The van der Waals surface area contributed by atoms with Crippen LogP contribution in [0.4, 0.5) is 0 Å². The molecule has 1 aliphatic heterocycles. The molecule has 1 heterocycles. The molecular formula is C19H30IN3O3. The van der Waals surface area contributed by atoms with Gasteiger partial charge in [0.25, 0.3) is 0 Å². The second-order valence-electron chi connectivity index (χ2n) is 6.94. The van der Waals surface area contributed by atoms with Crippen molar-refractivity contribution in [2.45, 2.75) is 32.2 Å². The van der Waals surface area contributed by atoms with Crippen molar-refractivity contribution in [2.75, 3.05) is 41.5 Å². The molecule has 0 bridgehead atoms. The predicted octanol–water partition coefficient (Wildman–Crippen LogP) is 3.28. The van der Waals surface area contributed by atoms with Gasteiger partial charge in [-0.15, -0.1) is 24.0 Å². The molecule has 1 aliphatic carbocycles. The van der Waals surface area contributed by atoms with Gasteiger partial charge in [0, 0.05) is 38.3 Å². The normalized spacial score (nSPS) is 18.2. The van der Waals surface area contributed by atoms with Crippen LogP contribution in [0.3, 0.4) is 0 Å². The van der Waals surface area contributed by atoms with Gasteiger partial charge in [0.2, 0.25) is 0 Å². The van der Waals surface area contributed by atoms with Crippen LogP contribution in [0.25, 0.3) is 0 Å². The summed E-state index contributed by atoms with van der Waals surface area (Å²) in [5, 5.41) is 3.48. The Morgan fingerprint density at radius 2 is 1.73 bits per heavy atom. The maximum absolute atomic E-state index is 5.51. The minimum absolute atomic E-state index is 0. The second-order valence-corrected chi connectivity index (χ2v) is 6.94. The fourth-order valence-corrected chi connectivity index (χ4v) is 3.94. The number of hydrogen-bond acceptors (Lipinski definition) is 4. The molecule has 1 saturated carbocycles. The van der Waals surface area contributed by atoms with Crippen LogP contribution in [0.5, 0.6) is 17.2 Å². The molecule has 6 nitrogen and oxygen atoms in total. The smallest absolute Gasteiger partial charge is 0.193 e. The monoisotopic (exact) mass is 475 g/mol. The van der Waals surface area contributed by atoms with Crippen LogP contribution in [0.15, 0.2) is 17.1 Å². The molecule has 1 aromatic rings. The van der Waals surface area contributed by atoms with E-state index >= 15 is 0 Å². The molecule has 7 heteroatoms. The number of hydrogen-bond donors (Lipinski definition) is 1. The first-order chi connectivity index (χ1) is 12.1. The summed E-state index contributed by atoms with van der Waals surface area (Å²) in [6, 6.07) is 3.81. The van der Waals surface area contributed by atoms with E-state index in [1.807, 2.05) is 19.2 Å². The Morgan fingerprint density at radius 3 is 2.23 bits per heavy atom. The summed E-state index contributed by atoms with van der Waals surface area (Å²) < 4.78 is 16.3. The average Bonchev–Trinajstić information content (AvgIpc) is 3.07. The third kappa shape index (κ3) is 4.13. The molecular weight excluding hydrogens is 445 g/mol. The first-order valence-corrected chi connectivity index (χ1v) is 8.89. The van der Waals surface area contributed by atoms with Gasteiger partial charge in [-0.3, -0.25) is 4.99 Å². The Morgan fingerprint density at radius 1 is 1.08 bits per heavy atom. The van der Waals surface area contributed by atoms with Crippen LogP contribution in [0.1, 0.15) is 31.2 Å². The number of aliphatic imine (C=N–C) groups is 1. The topological polar surface area (TPSA) is 55.3 Å². The Bertz CT molecular complexity index is 647. The first-order valence-electron chi connectivity index (χ1n) is 8.89. The van der Waals surface area contributed by atoms with Crippen LogP contribution in [0, 0.1) is 5.41 Å². The van der Waals surface area contributed by atoms with E-state index in [2.05, 4.69) is 15.2 Å². The van der Waals surface area contributed by atoms with Crippen molar-refractivity contribution >= 4 is 29.9 Å². The van der Waals surface area contributed by atoms with Gasteiger partial charge in [-0.2, -0.15) is 0 Å². The van der Waals surface area contributed by atoms with Crippen LogP contribution >= 0.6 is 24.0 Å². The lowest BCUT2D eigenvalue weighted by molar-refractivity contribution is 0.151. The van der Waals surface area contributed by atoms with Crippen molar-refractivity contribution in [3.63, 3.8) is 0 Å². The zero-order valence-electron chi connectivity index (χ0n) is 16.1. The molecule has 2 aliphatic rings. The van der Waals surface area contributed by atoms with E-state index in [-0.39, 0.29) is 24.0 Å². The zero-order valence-corrected chi connectivity index (χ0v) is 18.5. The highest BCUT2D eigenvalue weighted by atomic mass is 127. The molecule has 0 atom stereocenters. The van der Waals surface area contributed by atoms with Gasteiger partial charge in [-0.05, 0) is 30.7 Å². The standard InChI is InChI=1S/C19H29N3O3.HI/c1-20-18(22-9-8-19(13-22)6-5-7-19)21-12-14-10-16(24-3)17(25-4)11-15(14)23-2;/h10-11H,5-9,12-13H2,1-4H3,(H,20,21);1H. The van der Waals surface area contributed by atoms with E-state index in [0.29, 0.717) is 23.5 Å². The number of methoxy groups -OCH3 is 3. The fourth-order valence-electron chi connectivity index (χ4n) is 3.94. The highest BCUT2D eigenvalue weighted by Gasteiger charge is 2.43. The number of likely N-dealkylation sites (tertiary alicyclic amines) is 1. The van der Waals surface area contributed by atoms with Crippen LogP contribution in [-0.4, -0.2) is 52.3 Å². The van der Waals surface area contributed by atoms with Gasteiger partial charge in [-0.1, -0.05) is 6.42 Å². The third-order valence-corrected chi connectivity index (χ3v) is 5.59. The maximum atomic E-state index is 5.51. The van der Waals surface area contributed by atoms with Crippen molar-refractivity contribution in [3.8, 4) is 17.2 Å². The van der Waals surface area contributed by atoms with E-state index in [4.69, 9.17) is 14.2 Å². The van der Waals surface area contributed by atoms with E-state index < -0.39 is 0 Å². The number of nitrogens with one attached hydrogen (secondary N) is 1. The van der Waals surface area contributed by atoms with E-state index in [0.717, 1.165) is 30.4 Å². The highest BCUT2D eigenvalue weighted by Crippen LogP contribution is 2.47. The van der Waals surface area contributed by atoms with Gasteiger partial charge in [0.15, 0.2) is 17.5 Å². The number of ether oxygens (including phenoxy) is 3. The molecule has 1 N–H and O–H groups in total. The summed E-state index contributed by atoms with van der Waals surface area (Å²) in [5.74, 6) is 3.10. The summed E-state index contributed by atoms with van der Waals surface area (Å²) in [6.45, 7) is 2.83. The first kappa shape index (κ1) is 20.9. The average molecular weight is 475 g/mol. The molecule has 0 unspecified atom stereocenters. The molecule has 26 heavy (non-hydrogen) atoms. The minimum atomic E-state index is 0. The number of guanidine groups is 1. The van der Waals surface area contributed by atoms with Crippen molar-refractivity contribution in [3.05, 3.63) is 17.7 Å². The number of nitrogens with zero attached hydrogens (tertiary/aromatic N) is 2. The Labute approximate surface area is 173 Å². The van der Waals surface area contributed by atoms with Crippen molar-refractivity contribution in [2.24, 2.45) is 10.4 Å². The lowest BCUT2D eigenvalue weighted by Gasteiger charge is -2.38. The number of halogens is 1. The Balaban J connectivity index is 0.00000243. The van der Waals surface area contributed by atoms with Gasteiger partial charge >= 0.3 is 0 Å². The summed E-state index contributed by atoms with van der Waals surface area (Å²) >= 11 is 0. The molecule has 0 aromatic heterocycles. The molecule has 0 radical (unpaired) electrons. The van der Waals surface area contributed by atoms with Gasteiger partial charge in [0.1, 0.15) is 5.75 Å². The largest absolute Gasteiger partial charge is 0.496 e. The Kier molecular flexibility index (Phi) is 7.25. The second kappa shape index (κ2) is 9.01. The van der Waals surface area contributed by atoms with Gasteiger partial charge in [0.05, 0.1) is 21.3 Å². The quantitative estimate of drug-likeness (QED) is 0.403. The van der Waals surface area contributed by atoms with E-state index in [1.165, 1.54) is 25.7 Å². The molecule has 146 valence electrons. The molecule has 0 amide bonds. The SMILES string of the molecule is CN=C(NCc1cc(OC)c(OC)cc1OC)N1CCC2(CCC2)C1.I. The van der Waals surface area contributed by atoms with Gasteiger partial charge < -0.3 is 24.4 Å². The van der Waals surface area contributed by atoms with Crippen LogP contribution in [-0.2, 0) is 6.54 Å². The predicted molar refractivity (Wildman–Crippen MR) is 114 cm³/mol. The summed E-state index contributed by atoms with van der Waals surface area (Å²) in [5.41, 5.74) is 1.57. The lowest BCUT2D eigenvalue weighted by atomic mass is 9.68. The minimum Gasteiger partial charge on any atom is -0.496 e. The molecule has 3 rings (SSSR count). The third-order valence-electron chi connectivity index (χ3n) is 5.59. The summed E-state index contributed by atoms with van der Waals surface area (Å²) in [4.78, 5) is 6.86. The van der Waals surface area contributed by atoms with E-state index in [9.17, 15) is 0 Å². The highest BCUT2D eigenvalue weighted by molar-refractivity contribution is 14.0. The van der Waals surface area contributed by atoms with Crippen LogP contribution < -0.4 is 19.5 Å². The summed E-state index contributed by atoms with van der Waals surface area (Å²) in [6.07, 6.45) is 5.39. The van der Waals surface area contributed by atoms with Gasteiger partial charge in [-0.25, -0.2) is 0 Å². The summed E-state index contributed by atoms with van der Waals surface area (Å²) in [7, 11) is 6.78. The molecule has 1 spiro atoms. The van der Waals surface area contributed by atoms with Crippen molar-refractivity contribution in [1.29, 1.82) is 0 Å². The van der Waals surface area contributed by atoms with Crippen molar-refractivity contribution < 1.29 is 14.2 Å². The fraction of sp³-hybridized carbons (Fsp3) is 0.632. The number of benzene rings is 1. The Hall–Kier alpha value is -1.38. The number of rotatable bonds is 5. The lowest BCUT2D eigenvalue weighted by Crippen LogP contribution is -2.42. The molecule has 1 aromatic carbocycles. The van der Waals surface area contributed by atoms with Crippen LogP contribution in [0.2, 0.25) is 0 Å². The zero-order chi connectivity index (χ0) is 17.9. The van der Waals surface area contributed by atoms with E-state index in [1.54, 1.807) is 21.3 Å². The maximum Gasteiger partial charge on any atom is 0.193 e.